The molecule has 1 aliphatic carbocycles. The Kier molecular flexibility index (Phi) is 6.09. The SMILES string of the molecule is Cc1cc(C#N)ccc1-c1c[nH]n(-c2ccc(C(=O)NCC3CCC(F)(F)CC3)cn2)c1=O. The normalized spacial score (nSPS) is 15.7. The second-order valence-electron chi connectivity index (χ2n) is 8.38. The van der Waals surface area contributed by atoms with E-state index >= 15 is 0 Å². The number of pyridine rings is 1. The Morgan fingerprint density at radius 3 is 2.67 bits per heavy atom. The van der Waals surface area contributed by atoms with Crippen molar-refractivity contribution in [2.24, 2.45) is 5.92 Å². The third-order valence-electron chi connectivity index (χ3n) is 6.04. The molecule has 0 radical (unpaired) electrons. The number of nitrogens with one attached hydrogen (secondary N) is 2. The first-order chi connectivity index (χ1) is 15.8. The number of H-pyrrole nitrogens is 1. The van der Waals surface area contributed by atoms with Crippen LogP contribution in [0.2, 0.25) is 0 Å². The van der Waals surface area contributed by atoms with Crippen molar-refractivity contribution in [1.29, 1.82) is 5.26 Å². The number of carbonyl (C=O) groups excluding carboxylic acids is 1. The van der Waals surface area contributed by atoms with Gasteiger partial charge in [-0.2, -0.15) is 5.26 Å². The van der Waals surface area contributed by atoms with Gasteiger partial charge >= 0.3 is 0 Å². The number of rotatable bonds is 5. The lowest BCUT2D eigenvalue weighted by Crippen LogP contribution is -2.34. The Morgan fingerprint density at radius 1 is 1.27 bits per heavy atom. The quantitative estimate of drug-likeness (QED) is 0.613. The fraction of sp³-hybridized carbons (Fsp3) is 0.333. The van der Waals surface area contributed by atoms with E-state index in [1.807, 2.05) is 6.92 Å². The minimum atomic E-state index is -2.59. The fourth-order valence-corrected chi connectivity index (χ4v) is 4.06. The summed E-state index contributed by atoms with van der Waals surface area (Å²) in [6.07, 6.45) is 3.45. The monoisotopic (exact) mass is 451 g/mol. The number of alkyl halides is 2. The van der Waals surface area contributed by atoms with Crippen molar-refractivity contribution in [1.82, 2.24) is 20.1 Å². The summed E-state index contributed by atoms with van der Waals surface area (Å²) in [5.74, 6) is -2.56. The Labute approximate surface area is 189 Å². The van der Waals surface area contributed by atoms with E-state index in [2.05, 4.69) is 21.5 Å². The van der Waals surface area contributed by atoms with Crippen LogP contribution in [-0.2, 0) is 0 Å². The number of hydrogen-bond acceptors (Lipinski definition) is 4. The predicted octanol–water partition coefficient (Wildman–Crippen LogP) is 3.96. The lowest BCUT2D eigenvalue weighted by atomic mass is 9.87. The van der Waals surface area contributed by atoms with Crippen molar-refractivity contribution in [3.05, 3.63) is 69.8 Å². The first kappa shape index (κ1) is 22.4. The van der Waals surface area contributed by atoms with Crippen molar-refractivity contribution < 1.29 is 13.6 Å². The van der Waals surface area contributed by atoms with Crippen molar-refractivity contribution in [3.63, 3.8) is 0 Å². The molecule has 2 heterocycles. The Morgan fingerprint density at radius 2 is 2.03 bits per heavy atom. The largest absolute Gasteiger partial charge is 0.352 e. The molecular formula is C24H23F2N5O2. The second kappa shape index (κ2) is 8.98. The van der Waals surface area contributed by atoms with Crippen molar-refractivity contribution in [2.45, 2.75) is 38.5 Å². The smallest absolute Gasteiger partial charge is 0.280 e. The van der Waals surface area contributed by atoms with E-state index in [9.17, 15) is 18.4 Å². The van der Waals surface area contributed by atoms with Gasteiger partial charge in [-0.15, -0.1) is 0 Å². The first-order valence-electron chi connectivity index (χ1n) is 10.7. The topological polar surface area (TPSA) is 104 Å². The molecule has 4 rings (SSSR count). The molecule has 1 saturated carbocycles. The second-order valence-corrected chi connectivity index (χ2v) is 8.38. The molecule has 3 aromatic rings. The van der Waals surface area contributed by atoms with Gasteiger partial charge in [0.25, 0.3) is 11.5 Å². The Hall–Kier alpha value is -3.80. The van der Waals surface area contributed by atoms with Gasteiger partial charge in [0.2, 0.25) is 5.92 Å². The number of hydrogen-bond donors (Lipinski definition) is 2. The van der Waals surface area contributed by atoms with Crippen LogP contribution in [0.15, 0.2) is 47.5 Å². The molecule has 0 atom stereocenters. The molecule has 7 nitrogen and oxygen atoms in total. The van der Waals surface area contributed by atoms with Gasteiger partial charge in [0.15, 0.2) is 5.82 Å². The van der Waals surface area contributed by atoms with Crippen LogP contribution in [0.1, 0.15) is 47.2 Å². The van der Waals surface area contributed by atoms with Crippen LogP contribution in [0.4, 0.5) is 8.78 Å². The Balaban J connectivity index is 1.44. The molecule has 1 fully saturated rings. The maximum Gasteiger partial charge on any atom is 0.280 e. The van der Waals surface area contributed by atoms with Crippen molar-refractivity contribution in [2.75, 3.05) is 6.54 Å². The molecule has 33 heavy (non-hydrogen) atoms. The predicted molar refractivity (Wildman–Crippen MR) is 118 cm³/mol. The summed E-state index contributed by atoms with van der Waals surface area (Å²) in [5, 5.41) is 14.7. The number of nitriles is 1. The summed E-state index contributed by atoms with van der Waals surface area (Å²) in [6, 6.07) is 10.3. The van der Waals surface area contributed by atoms with Gasteiger partial charge < -0.3 is 5.32 Å². The van der Waals surface area contributed by atoms with Crippen LogP contribution in [0.25, 0.3) is 16.9 Å². The highest BCUT2D eigenvalue weighted by atomic mass is 19.3. The van der Waals surface area contributed by atoms with Crippen LogP contribution in [0, 0.1) is 24.2 Å². The molecular weight excluding hydrogens is 428 g/mol. The van der Waals surface area contributed by atoms with Gasteiger partial charge in [-0.25, -0.2) is 18.4 Å². The van der Waals surface area contributed by atoms with E-state index in [0.717, 1.165) is 5.56 Å². The Bertz CT molecular complexity index is 1260. The summed E-state index contributed by atoms with van der Waals surface area (Å²) in [4.78, 5) is 29.6. The zero-order valence-corrected chi connectivity index (χ0v) is 18.1. The molecule has 9 heteroatoms. The van der Waals surface area contributed by atoms with Crippen LogP contribution in [-0.4, -0.2) is 33.1 Å². The van der Waals surface area contributed by atoms with Crippen LogP contribution in [0.3, 0.4) is 0 Å². The van der Waals surface area contributed by atoms with E-state index in [1.54, 1.807) is 36.5 Å². The number of benzene rings is 1. The summed E-state index contributed by atoms with van der Waals surface area (Å²) < 4.78 is 27.8. The molecule has 2 N–H and O–H groups in total. The molecule has 0 saturated heterocycles. The molecule has 1 aromatic carbocycles. The number of aromatic nitrogens is 3. The maximum atomic E-state index is 13.3. The standard InChI is InChI=1S/C24H23F2N5O2/c1-15-10-17(11-27)2-4-19(15)20-14-30-31(23(20)33)21-5-3-18(13-28-21)22(32)29-12-16-6-8-24(25,26)9-7-16/h2-5,10,13-14,16,30H,6-9,12H2,1H3,(H,29,32). The van der Waals surface area contributed by atoms with Gasteiger partial charge in [0.1, 0.15) is 0 Å². The number of halogens is 2. The molecule has 0 unspecified atom stereocenters. The third kappa shape index (κ3) is 4.85. The lowest BCUT2D eigenvalue weighted by Gasteiger charge is -2.28. The highest BCUT2D eigenvalue weighted by Crippen LogP contribution is 2.35. The van der Waals surface area contributed by atoms with Gasteiger partial charge in [-0.1, -0.05) is 6.07 Å². The van der Waals surface area contributed by atoms with Gasteiger partial charge in [0, 0.05) is 31.8 Å². The van der Waals surface area contributed by atoms with Crippen LogP contribution >= 0.6 is 0 Å². The van der Waals surface area contributed by atoms with Crippen molar-refractivity contribution in [3.8, 4) is 23.0 Å². The maximum absolute atomic E-state index is 13.3. The third-order valence-corrected chi connectivity index (χ3v) is 6.04. The number of carbonyl (C=O) groups is 1. The highest BCUT2D eigenvalue weighted by Gasteiger charge is 2.34. The number of aromatic amines is 1. The molecule has 1 aliphatic rings. The molecule has 170 valence electrons. The van der Waals surface area contributed by atoms with Gasteiger partial charge in [-0.3, -0.25) is 14.7 Å². The zero-order valence-electron chi connectivity index (χ0n) is 18.1. The summed E-state index contributed by atoms with van der Waals surface area (Å²) >= 11 is 0. The number of aryl methyl sites for hydroxylation is 1. The fourth-order valence-electron chi connectivity index (χ4n) is 4.06. The molecule has 1 amide bonds. The molecule has 0 bridgehead atoms. The van der Waals surface area contributed by atoms with Gasteiger partial charge in [-0.05, 0) is 61.1 Å². The first-order valence-corrected chi connectivity index (χ1v) is 10.7. The lowest BCUT2D eigenvalue weighted by molar-refractivity contribution is -0.0452. The minimum Gasteiger partial charge on any atom is -0.352 e. The van der Waals surface area contributed by atoms with E-state index < -0.39 is 5.92 Å². The summed E-state index contributed by atoms with van der Waals surface area (Å²) in [5.41, 5.74) is 2.50. The summed E-state index contributed by atoms with van der Waals surface area (Å²) in [6.45, 7) is 2.18. The van der Waals surface area contributed by atoms with E-state index in [4.69, 9.17) is 5.26 Å². The van der Waals surface area contributed by atoms with Gasteiger partial charge in [0.05, 0.1) is 22.8 Å². The van der Waals surface area contributed by atoms with E-state index in [1.165, 1.54) is 10.9 Å². The van der Waals surface area contributed by atoms with Crippen LogP contribution < -0.4 is 10.9 Å². The molecule has 0 spiro atoms. The van der Waals surface area contributed by atoms with E-state index in [-0.39, 0.29) is 30.2 Å². The van der Waals surface area contributed by atoms with E-state index in [0.29, 0.717) is 47.5 Å². The summed E-state index contributed by atoms with van der Waals surface area (Å²) in [7, 11) is 0. The number of nitrogens with zero attached hydrogens (tertiary/aromatic N) is 3. The molecule has 0 aliphatic heterocycles. The highest BCUT2D eigenvalue weighted by molar-refractivity contribution is 5.93. The average Bonchev–Trinajstić information content (AvgIpc) is 3.19. The van der Waals surface area contributed by atoms with Crippen molar-refractivity contribution >= 4 is 5.91 Å². The minimum absolute atomic E-state index is 0.0439. The molecule has 2 aromatic heterocycles. The number of amides is 1. The average molecular weight is 451 g/mol. The van der Waals surface area contributed by atoms with Crippen LogP contribution in [0.5, 0.6) is 0 Å². The zero-order chi connectivity index (χ0) is 23.6.